The van der Waals surface area contributed by atoms with Crippen molar-refractivity contribution in [3.63, 3.8) is 0 Å². The van der Waals surface area contributed by atoms with Crippen LogP contribution in [-0.2, 0) is 6.54 Å². The summed E-state index contributed by atoms with van der Waals surface area (Å²) >= 11 is 0. The number of aromatic nitrogens is 1. The van der Waals surface area contributed by atoms with Crippen LogP contribution in [0.1, 0.15) is 5.56 Å². The first-order valence-electron chi connectivity index (χ1n) is 5.90. The van der Waals surface area contributed by atoms with E-state index in [-0.39, 0.29) is 5.82 Å². The van der Waals surface area contributed by atoms with Gasteiger partial charge in [0.25, 0.3) is 0 Å². The van der Waals surface area contributed by atoms with Gasteiger partial charge in [-0.2, -0.15) is 0 Å². The third-order valence-electron chi connectivity index (χ3n) is 2.65. The van der Waals surface area contributed by atoms with Gasteiger partial charge in [0.05, 0.1) is 6.20 Å². The highest BCUT2D eigenvalue weighted by atomic mass is 19.1. The third-order valence-corrected chi connectivity index (χ3v) is 2.65. The SMILES string of the molecule is NCCN(Cc1ccccc1)c1ccc(F)cn1. The van der Waals surface area contributed by atoms with E-state index in [4.69, 9.17) is 5.73 Å². The van der Waals surface area contributed by atoms with Gasteiger partial charge in [0.2, 0.25) is 0 Å². The topological polar surface area (TPSA) is 42.1 Å². The molecule has 0 aliphatic rings. The minimum Gasteiger partial charge on any atom is -0.351 e. The van der Waals surface area contributed by atoms with Gasteiger partial charge < -0.3 is 10.6 Å². The van der Waals surface area contributed by atoms with Gasteiger partial charge in [-0.15, -0.1) is 0 Å². The van der Waals surface area contributed by atoms with Crippen molar-refractivity contribution >= 4 is 5.82 Å². The van der Waals surface area contributed by atoms with Crippen LogP contribution in [0.3, 0.4) is 0 Å². The second kappa shape index (κ2) is 6.12. The molecule has 0 radical (unpaired) electrons. The van der Waals surface area contributed by atoms with Crippen molar-refractivity contribution in [1.82, 2.24) is 4.98 Å². The molecule has 0 amide bonds. The lowest BCUT2D eigenvalue weighted by Gasteiger charge is -2.23. The maximum atomic E-state index is 12.9. The fourth-order valence-corrected chi connectivity index (χ4v) is 1.79. The number of nitrogens with zero attached hydrogens (tertiary/aromatic N) is 2. The molecule has 1 heterocycles. The Labute approximate surface area is 106 Å². The van der Waals surface area contributed by atoms with E-state index < -0.39 is 0 Å². The average molecular weight is 245 g/mol. The molecule has 2 N–H and O–H groups in total. The first kappa shape index (κ1) is 12.5. The zero-order chi connectivity index (χ0) is 12.8. The Bertz CT molecular complexity index is 470. The van der Waals surface area contributed by atoms with Gasteiger partial charge in [-0.1, -0.05) is 30.3 Å². The van der Waals surface area contributed by atoms with Crippen LogP contribution in [0.2, 0.25) is 0 Å². The molecule has 0 aliphatic heterocycles. The fourth-order valence-electron chi connectivity index (χ4n) is 1.79. The summed E-state index contributed by atoms with van der Waals surface area (Å²) in [5.74, 6) is 0.414. The van der Waals surface area contributed by atoms with E-state index in [1.807, 2.05) is 35.2 Å². The van der Waals surface area contributed by atoms with E-state index in [0.29, 0.717) is 13.1 Å². The van der Waals surface area contributed by atoms with Crippen LogP contribution in [0.4, 0.5) is 10.2 Å². The summed E-state index contributed by atoms with van der Waals surface area (Å²) in [6.45, 7) is 1.94. The molecular weight excluding hydrogens is 229 g/mol. The van der Waals surface area contributed by atoms with Crippen LogP contribution in [-0.4, -0.2) is 18.1 Å². The largest absolute Gasteiger partial charge is 0.351 e. The van der Waals surface area contributed by atoms with Crippen LogP contribution in [0.25, 0.3) is 0 Å². The Kier molecular flexibility index (Phi) is 4.25. The lowest BCUT2D eigenvalue weighted by Crippen LogP contribution is -2.29. The van der Waals surface area contributed by atoms with Crippen molar-refractivity contribution in [2.45, 2.75) is 6.54 Å². The quantitative estimate of drug-likeness (QED) is 0.878. The maximum Gasteiger partial charge on any atom is 0.141 e. The molecule has 3 nitrogen and oxygen atoms in total. The molecule has 2 aromatic rings. The molecule has 0 saturated carbocycles. The van der Waals surface area contributed by atoms with E-state index in [9.17, 15) is 4.39 Å². The summed E-state index contributed by atoms with van der Waals surface area (Å²) in [5.41, 5.74) is 6.78. The highest BCUT2D eigenvalue weighted by molar-refractivity contribution is 5.39. The molecule has 2 rings (SSSR count). The maximum absolute atomic E-state index is 12.9. The summed E-state index contributed by atoms with van der Waals surface area (Å²) in [6.07, 6.45) is 1.23. The van der Waals surface area contributed by atoms with Crippen LogP contribution in [0.5, 0.6) is 0 Å². The van der Waals surface area contributed by atoms with Crippen molar-refractivity contribution in [2.75, 3.05) is 18.0 Å². The van der Waals surface area contributed by atoms with Gasteiger partial charge in [-0.05, 0) is 17.7 Å². The van der Waals surface area contributed by atoms with Gasteiger partial charge in [0, 0.05) is 19.6 Å². The molecule has 0 spiro atoms. The third kappa shape index (κ3) is 3.28. The van der Waals surface area contributed by atoms with E-state index in [1.54, 1.807) is 6.07 Å². The summed E-state index contributed by atoms with van der Waals surface area (Å²) in [4.78, 5) is 6.13. The standard InChI is InChI=1S/C14H16FN3/c15-13-6-7-14(17-10-13)18(9-8-16)11-12-4-2-1-3-5-12/h1-7,10H,8-9,11,16H2. The number of hydrogen-bond donors (Lipinski definition) is 1. The summed E-state index contributed by atoms with van der Waals surface area (Å²) in [7, 11) is 0. The van der Waals surface area contributed by atoms with Gasteiger partial charge in [-0.3, -0.25) is 0 Å². The molecule has 94 valence electrons. The van der Waals surface area contributed by atoms with Crippen molar-refractivity contribution < 1.29 is 4.39 Å². The van der Waals surface area contributed by atoms with E-state index in [2.05, 4.69) is 4.98 Å². The molecule has 0 fully saturated rings. The molecular formula is C14H16FN3. The Morgan fingerprint density at radius 1 is 1.11 bits per heavy atom. The highest BCUT2D eigenvalue weighted by Gasteiger charge is 2.07. The van der Waals surface area contributed by atoms with Crippen molar-refractivity contribution in [3.05, 3.63) is 60.0 Å². The zero-order valence-electron chi connectivity index (χ0n) is 10.1. The predicted molar refractivity (Wildman–Crippen MR) is 70.7 cm³/mol. The van der Waals surface area contributed by atoms with Crippen LogP contribution < -0.4 is 10.6 Å². The molecule has 1 aromatic heterocycles. The Morgan fingerprint density at radius 3 is 2.50 bits per heavy atom. The predicted octanol–water partition coefficient (Wildman–Crippen LogP) is 2.19. The number of hydrogen-bond acceptors (Lipinski definition) is 3. The Morgan fingerprint density at radius 2 is 1.89 bits per heavy atom. The molecule has 0 bridgehead atoms. The second-order valence-electron chi connectivity index (χ2n) is 4.03. The summed E-state index contributed by atoms with van der Waals surface area (Å²) in [5, 5.41) is 0. The van der Waals surface area contributed by atoms with E-state index >= 15 is 0 Å². The van der Waals surface area contributed by atoms with Crippen LogP contribution >= 0.6 is 0 Å². The molecule has 1 aromatic carbocycles. The van der Waals surface area contributed by atoms with E-state index in [0.717, 1.165) is 12.4 Å². The molecule has 4 heteroatoms. The Balaban J connectivity index is 2.15. The molecule has 0 aliphatic carbocycles. The number of benzene rings is 1. The van der Waals surface area contributed by atoms with Crippen molar-refractivity contribution in [1.29, 1.82) is 0 Å². The minimum absolute atomic E-state index is 0.328. The van der Waals surface area contributed by atoms with Gasteiger partial charge in [-0.25, -0.2) is 9.37 Å². The van der Waals surface area contributed by atoms with Crippen molar-refractivity contribution in [3.8, 4) is 0 Å². The number of rotatable bonds is 5. The normalized spacial score (nSPS) is 10.3. The molecule has 0 unspecified atom stereocenters. The molecule has 18 heavy (non-hydrogen) atoms. The lowest BCUT2D eigenvalue weighted by atomic mass is 10.2. The lowest BCUT2D eigenvalue weighted by molar-refractivity contribution is 0.620. The first-order valence-corrected chi connectivity index (χ1v) is 5.90. The Hall–Kier alpha value is -1.94. The smallest absolute Gasteiger partial charge is 0.141 e. The number of halogens is 1. The van der Waals surface area contributed by atoms with Gasteiger partial charge in [0.15, 0.2) is 0 Å². The highest BCUT2D eigenvalue weighted by Crippen LogP contribution is 2.14. The summed E-state index contributed by atoms with van der Waals surface area (Å²) < 4.78 is 12.9. The first-order chi connectivity index (χ1) is 8.79. The van der Waals surface area contributed by atoms with Crippen LogP contribution in [0, 0.1) is 5.82 Å². The molecule has 0 saturated heterocycles. The minimum atomic E-state index is -0.328. The number of anilines is 1. The number of nitrogens with two attached hydrogens (primary N) is 1. The zero-order valence-corrected chi connectivity index (χ0v) is 10.1. The average Bonchev–Trinajstić information content (AvgIpc) is 2.40. The number of pyridine rings is 1. The van der Waals surface area contributed by atoms with Gasteiger partial charge in [0.1, 0.15) is 11.6 Å². The van der Waals surface area contributed by atoms with Gasteiger partial charge >= 0.3 is 0 Å². The monoisotopic (exact) mass is 245 g/mol. The molecule has 0 atom stereocenters. The summed E-state index contributed by atoms with van der Waals surface area (Å²) in [6, 6.07) is 13.2. The van der Waals surface area contributed by atoms with Crippen LogP contribution in [0.15, 0.2) is 48.7 Å². The second-order valence-corrected chi connectivity index (χ2v) is 4.03. The van der Waals surface area contributed by atoms with Crippen molar-refractivity contribution in [2.24, 2.45) is 5.73 Å². The van der Waals surface area contributed by atoms with E-state index in [1.165, 1.54) is 17.8 Å². The fraction of sp³-hybridized carbons (Fsp3) is 0.214.